The molecule has 0 radical (unpaired) electrons. The Balaban J connectivity index is 1.48. The molecule has 0 spiro atoms. The summed E-state index contributed by atoms with van der Waals surface area (Å²) >= 11 is 0. The highest BCUT2D eigenvalue weighted by Gasteiger charge is 2.25. The van der Waals surface area contributed by atoms with Gasteiger partial charge in [-0.05, 0) is 37.5 Å². The number of piperidine rings is 1. The smallest absolute Gasteiger partial charge is 0.0594 e. The number of ether oxygens (including phenoxy) is 1. The summed E-state index contributed by atoms with van der Waals surface area (Å²) in [5, 5.41) is 2.35. The van der Waals surface area contributed by atoms with Crippen molar-refractivity contribution in [2.75, 3.05) is 44.8 Å². The summed E-state index contributed by atoms with van der Waals surface area (Å²) in [5.41, 5.74) is 6.04. The van der Waals surface area contributed by atoms with Crippen LogP contribution in [-0.4, -0.2) is 55.3 Å². The Hall–Kier alpha value is -1.10. The van der Waals surface area contributed by atoms with Gasteiger partial charge in [0.25, 0.3) is 0 Å². The minimum atomic E-state index is 0.745. The first-order chi connectivity index (χ1) is 9.81. The first-order valence-electron chi connectivity index (χ1n) is 7.71. The Morgan fingerprint density at radius 3 is 2.55 bits per heavy atom. The van der Waals surface area contributed by atoms with E-state index in [9.17, 15) is 0 Å². The molecule has 0 aliphatic carbocycles. The van der Waals surface area contributed by atoms with Gasteiger partial charge < -0.3 is 10.2 Å². The lowest BCUT2D eigenvalue weighted by Crippen LogP contribution is -2.50. The third-order valence-corrected chi connectivity index (χ3v) is 4.33. The molecule has 2 fully saturated rings. The summed E-state index contributed by atoms with van der Waals surface area (Å²) in [7, 11) is 0. The zero-order chi connectivity index (χ0) is 13.8. The summed E-state index contributed by atoms with van der Waals surface area (Å²) < 4.78 is 5.44. The lowest BCUT2D eigenvalue weighted by atomic mass is 10.0. The summed E-state index contributed by atoms with van der Waals surface area (Å²) in [4.78, 5) is 2.60. The molecule has 2 saturated heterocycles. The highest BCUT2D eigenvalue weighted by molar-refractivity contribution is 5.44. The van der Waals surface area contributed by atoms with Gasteiger partial charge in [0.1, 0.15) is 0 Å². The van der Waals surface area contributed by atoms with Crippen molar-refractivity contribution < 1.29 is 4.74 Å². The lowest BCUT2D eigenvalue weighted by Gasteiger charge is -2.40. The standard InChI is InChI=1S/C16H25N3O/c1-14-3-2-4-15(13-14)17-19-7-5-16(6-8-19)18-9-11-20-12-10-18/h2-4,13,16-17H,5-12H2,1H3. The number of benzene rings is 1. The van der Waals surface area contributed by atoms with E-state index >= 15 is 0 Å². The molecule has 1 N–H and O–H groups in total. The Bertz CT molecular complexity index is 423. The highest BCUT2D eigenvalue weighted by atomic mass is 16.5. The molecule has 4 nitrogen and oxygen atoms in total. The molecule has 3 rings (SSSR count). The molecule has 2 heterocycles. The SMILES string of the molecule is Cc1cccc(NN2CCC(N3CCOCC3)CC2)c1. The number of hydrogen-bond acceptors (Lipinski definition) is 4. The zero-order valence-corrected chi connectivity index (χ0v) is 12.3. The molecule has 0 amide bonds. The molecule has 0 unspecified atom stereocenters. The van der Waals surface area contributed by atoms with E-state index in [4.69, 9.17) is 4.74 Å². The number of nitrogens with one attached hydrogen (secondary N) is 1. The van der Waals surface area contributed by atoms with E-state index in [2.05, 4.69) is 46.5 Å². The number of rotatable bonds is 3. The Labute approximate surface area is 121 Å². The van der Waals surface area contributed by atoms with Crippen LogP contribution in [-0.2, 0) is 4.74 Å². The molecule has 0 bridgehead atoms. The van der Waals surface area contributed by atoms with Gasteiger partial charge in [-0.3, -0.25) is 4.90 Å². The Morgan fingerprint density at radius 2 is 1.85 bits per heavy atom. The summed E-state index contributed by atoms with van der Waals surface area (Å²) in [6.07, 6.45) is 2.50. The third kappa shape index (κ3) is 3.51. The van der Waals surface area contributed by atoms with Crippen LogP contribution in [0.3, 0.4) is 0 Å². The van der Waals surface area contributed by atoms with Gasteiger partial charge in [0.15, 0.2) is 0 Å². The van der Waals surface area contributed by atoms with Crippen molar-refractivity contribution in [1.82, 2.24) is 9.91 Å². The summed E-state index contributed by atoms with van der Waals surface area (Å²) in [6, 6.07) is 9.33. The van der Waals surface area contributed by atoms with Crippen LogP contribution in [0.4, 0.5) is 5.69 Å². The van der Waals surface area contributed by atoms with Gasteiger partial charge >= 0.3 is 0 Å². The van der Waals surface area contributed by atoms with Gasteiger partial charge in [0.2, 0.25) is 0 Å². The van der Waals surface area contributed by atoms with Crippen LogP contribution in [0.2, 0.25) is 0 Å². The van der Waals surface area contributed by atoms with Crippen LogP contribution in [0.5, 0.6) is 0 Å². The molecule has 2 aliphatic rings. The molecule has 1 aromatic rings. The molecule has 0 saturated carbocycles. The number of aryl methyl sites for hydroxylation is 1. The number of hydrazine groups is 1. The monoisotopic (exact) mass is 275 g/mol. The molecular weight excluding hydrogens is 250 g/mol. The van der Waals surface area contributed by atoms with Crippen LogP contribution in [0, 0.1) is 6.92 Å². The average molecular weight is 275 g/mol. The van der Waals surface area contributed by atoms with Crippen LogP contribution in [0.15, 0.2) is 24.3 Å². The Morgan fingerprint density at radius 1 is 1.10 bits per heavy atom. The average Bonchev–Trinajstić information content (AvgIpc) is 2.49. The van der Waals surface area contributed by atoms with Gasteiger partial charge in [-0.2, -0.15) is 0 Å². The maximum absolute atomic E-state index is 5.44. The van der Waals surface area contributed by atoms with Crippen LogP contribution in [0.1, 0.15) is 18.4 Å². The van der Waals surface area contributed by atoms with E-state index in [1.54, 1.807) is 0 Å². The van der Waals surface area contributed by atoms with Crippen molar-refractivity contribution in [2.24, 2.45) is 0 Å². The van der Waals surface area contributed by atoms with Gasteiger partial charge in [0, 0.05) is 37.9 Å². The molecular formula is C16H25N3O. The lowest BCUT2D eigenvalue weighted by molar-refractivity contribution is 0.00282. The quantitative estimate of drug-likeness (QED) is 0.914. The van der Waals surface area contributed by atoms with Gasteiger partial charge in [0.05, 0.1) is 13.2 Å². The fourth-order valence-electron chi connectivity index (χ4n) is 3.18. The van der Waals surface area contributed by atoms with E-state index in [1.165, 1.54) is 24.1 Å². The predicted octanol–water partition coefficient (Wildman–Crippen LogP) is 2.12. The fourth-order valence-corrected chi connectivity index (χ4v) is 3.18. The van der Waals surface area contributed by atoms with Crippen molar-refractivity contribution >= 4 is 5.69 Å². The van der Waals surface area contributed by atoms with E-state index in [0.29, 0.717) is 0 Å². The van der Waals surface area contributed by atoms with Gasteiger partial charge in [-0.1, -0.05) is 12.1 Å². The molecule has 20 heavy (non-hydrogen) atoms. The van der Waals surface area contributed by atoms with E-state index < -0.39 is 0 Å². The molecule has 2 aliphatic heterocycles. The molecule has 1 aromatic carbocycles. The number of anilines is 1. The van der Waals surface area contributed by atoms with Crippen molar-refractivity contribution in [2.45, 2.75) is 25.8 Å². The summed E-state index contributed by atoms with van der Waals surface area (Å²) in [6.45, 7) is 8.40. The van der Waals surface area contributed by atoms with Crippen molar-refractivity contribution in [3.8, 4) is 0 Å². The summed E-state index contributed by atoms with van der Waals surface area (Å²) in [5.74, 6) is 0. The number of morpholine rings is 1. The van der Waals surface area contributed by atoms with Crippen LogP contribution < -0.4 is 5.43 Å². The van der Waals surface area contributed by atoms with E-state index in [-0.39, 0.29) is 0 Å². The second-order valence-electron chi connectivity index (χ2n) is 5.85. The van der Waals surface area contributed by atoms with Crippen LogP contribution in [0.25, 0.3) is 0 Å². The van der Waals surface area contributed by atoms with E-state index in [1.807, 2.05) is 0 Å². The first kappa shape index (κ1) is 13.9. The fraction of sp³-hybridized carbons (Fsp3) is 0.625. The highest BCUT2D eigenvalue weighted by Crippen LogP contribution is 2.19. The number of nitrogens with zero attached hydrogens (tertiary/aromatic N) is 2. The maximum atomic E-state index is 5.44. The predicted molar refractivity (Wildman–Crippen MR) is 81.8 cm³/mol. The van der Waals surface area contributed by atoms with E-state index in [0.717, 1.165) is 45.4 Å². The second kappa shape index (κ2) is 6.57. The first-order valence-corrected chi connectivity index (χ1v) is 7.71. The van der Waals surface area contributed by atoms with Gasteiger partial charge in [-0.25, -0.2) is 5.01 Å². The second-order valence-corrected chi connectivity index (χ2v) is 5.85. The van der Waals surface area contributed by atoms with Crippen molar-refractivity contribution in [1.29, 1.82) is 0 Å². The molecule has 0 aromatic heterocycles. The minimum Gasteiger partial charge on any atom is -0.379 e. The molecule has 4 heteroatoms. The van der Waals surface area contributed by atoms with Crippen molar-refractivity contribution in [3.05, 3.63) is 29.8 Å². The van der Waals surface area contributed by atoms with Crippen molar-refractivity contribution in [3.63, 3.8) is 0 Å². The zero-order valence-electron chi connectivity index (χ0n) is 12.3. The number of hydrogen-bond donors (Lipinski definition) is 1. The van der Waals surface area contributed by atoms with Gasteiger partial charge in [-0.15, -0.1) is 0 Å². The topological polar surface area (TPSA) is 27.7 Å². The maximum Gasteiger partial charge on any atom is 0.0594 e. The minimum absolute atomic E-state index is 0.745. The molecule has 0 atom stereocenters. The third-order valence-electron chi connectivity index (χ3n) is 4.33. The normalized spacial score (nSPS) is 22.9. The molecule has 110 valence electrons. The largest absolute Gasteiger partial charge is 0.379 e. The van der Waals surface area contributed by atoms with Crippen LogP contribution >= 0.6 is 0 Å². The Kier molecular flexibility index (Phi) is 4.55.